The van der Waals surface area contributed by atoms with E-state index >= 15 is 0 Å². The number of halogens is 1. The third-order valence-corrected chi connectivity index (χ3v) is 5.28. The van der Waals surface area contributed by atoms with Crippen LogP contribution in [0, 0.1) is 11.7 Å². The monoisotopic (exact) mass is 338 g/mol. The summed E-state index contributed by atoms with van der Waals surface area (Å²) >= 11 is 0. The van der Waals surface area contributed by atoms with Crippen molar-refractivity contribution in [2.75, 3.05) is 7.11 Å². The average molecular weight is 338 g/mol. The molecule has 0 aromatic heterocycles. The predicted octanol–water partition coefficient (Wildman–Crippen LogP) is 6.49. The molecule has 0 aliphatic heterocycles. The Kier molecular flexibility index (Phi) is 6.04. The van der Waals surface area contributed by atoms with Crippen LogP contribution in [0.2, 0.25) is 0 Å². The molecule has 0 bridgehead atoms. The molecule has 3 rings (SSSR count). The van der Waals surface area contributed by atoms with Crippen LogP contribution >= 0.6 is 0 Å². The van der Waals surface area contributed by atoms with Gasteiger partial charge >= 0.3 is 0 Å². The van der Waals surface area contributed by atoms with Gasteiger partial charge < -0.3 is 4.74 Å². The van der Waals surface area contributed by atoms with E-state index in [0.29, 0.717) is 24.0 Å². The summed E-state index contributed by atoms with van der Waals surface area (Å²) in [6.07, 6.45) is 9.18. The normalized spacial score (nSPS) is 20.9. The maximum atomic E-state index is 14.7. The Bertz CT molecular complexity index is 709. The van der Waals surface area contributed by atoms with Crippen molar-refractivity contribution in [3.8, 4) is 11.1 Å². The minimum atomic E-state index is -0.118. The lowest BCUT2D eigenvalue weighted by molar-refractivity contribution is 0.185. The van der Waals surface area contributed by atoms with Gasteiger partial charge in [-0.3, -0.25) is 0 Å². The van der Waals surface area contributed by atoms with E-state index < -0.39 is 0 Å². The third kappa shape index (κ3) is 4.38. The number of allylic oxidation sites excluding steroid dienone is 2. The van der Waals surface area contributed by atoms with Crippen molar-refractivity contribution in [1.82, 2.24) is 0 Å². The summed E-state index contributed by atoms with van der Waals surface area (Å²) in [5.74, 6) is 1.08. The largest absolute Gasteiger partial charge is 0.380 e. The third-order valence-electron chi connectivity index (χ3n) is 5.28. The minimum Gasteiger partial charge on any atom is -0.380 e. The number of benzene rings is 2. The second-order valence-corrected chi connectivity index (χ2v) is 7.01. The maximum absolute atomic E-state index is 14.7. The number of hydrogen-bond acceptors (Lipinski definition) is 1. The summed E-state index contributed by atoms with van der Waals surface area (Å²) in [5.41, 5.74) is 3.84. The van der Waals surface area contributed by atoms with Gasteiger partial charge in [-0.2, -0.15) is 0 Å². The van der Waals surface area contributed by atoms with Crippen molar-refractivity contribution < 1.29 is 9.13 Å². The van der Waals surface area contributed by atoms with Gasteiger partial charge in [-0.15, -0.1) is 0 Å². The molecule has 0 unspecified atom stereocenters. The zero-order valence-corrected chi connectivity index (χ0v) is 15.2. The van der Waals surface area contributed by atoms with Gasteiger partial charge in [-0.05, 0) is 67.2 Å². The van der Waals surface area contributed by atoms with E-state index in [2.05, 4.69) is 25.1 Å². The minimum absolute atomic E-state index is 0.118. The molecule has 2 aromatic carbocycles. The average Bonchev–Trinajstić information content (AvgIpc) is 2.64. The summed E-state index contributed by atoms with van der Waals surface area (Å²) in [5, 5.41) is 0. The fourth-order valence-electron chi connectivity index (χ4n) is 3.88. The highest BCUT2D eigenvalue weighted by atomic mass is 19.1. The Morgan fingerprint density at radius 3 is 2.36 bits per heavy atom. The standard InChI is InChI=1S/C23H27FO/c1-3-4-17-5-9-19(10-6-17)21-13-14-22(23(24)15-21)20-11-7-18(8-12-20)16-25-2/h3-4,7-8,11-15,17,19H,5-6,9-10,16H2,1-2H3/b4-3-. The Balaban J connectivity index is 1.73. The molecule has 0 atom stereocenters. The number of methoxy groups -OCH3 is 1. The molecule has 0 spiro atoms. The highest BCUT2D eigenvalue weighted by Crippen LogP contribution is 2.37. The molecule has 1 saturated carbocycles. The fraction of sp³-hybridized carbons (Fsp3) is 0.391. The molecule has 1 aliphatic carbocycles. The number of rotatable bonds is 5. The van der Waals surface area contributed by atoms with Crippen molar-refractivity contribution in [3.63, 3.8) is 0 Å². The van der Waals surface area contributed by atoms with E-state index in [4.69, 9.17) is 4.74 Å². The van der Waals surface area contributed by atoms with Gasteiger partial charge in [0.15, 0.2) is 0 Å². The molecule has 1 nitrogen and oxygen atoms in total. The summed E-state index contributed by atoms with van der Waals surface area (Å²) in [7, 11) is 1.68. The predicted molar refractivity (Wildman–Crippen MR) is 102 cm³/mol. The van der Waals surface area contributed by atoms with Crippen LogP contribution in [0.3, 0.4) is 0 Å². The molecule has 0 amide bonds. The van der Waals surface area contributed by atoms with Crippen LogP contribution in [0.25, 0.3) is 11.1 Å². The summed E-state index contributed by atoms with van der Waals surface area (Å²) < 4.78 is 19.8. The molecule has 2 aromatic rings. The Labute approximate surface area is 150 Å². The first-order valence-electron chi connectivity index (χ1n) is 9.21. The van der Waals surface area contributed by atoms with Crippen LogP contribution in [0.4, 0.5) is 4.39 Å². The van der Waals surface area contributed by atoms with Gasteiger partial charge in [0.1, 0.15) is 5.82 Å². The van der Waals surface area contributed by atoms with E-state index in [1.807, 2.05) is 30.3 Å². The van der Waals surface area contributed by atoms with Gasteiger partial charge in [-0.1, -0.05) is 48.6 Å². The molecule has 132 valence electrons. The smallest absolute Gasteiger partial charge is 0.131 e. The van der Waals surface area contributed by atoms with Gasteiger partial charge in [0.2, 0.25) is 0 Å². The summed E-state index contributed by atoms with van der Waals surface area (Å²) in [6, 6.07) is 13.7. The molecular weight excluding hydrogens is 311 g/mol. The molecular formula is C23H27FO. The quantitative estimate of drug-likeness (QED) is 0.566. The summed E-state index contributed by atoms with van der Waals surface area (Å²) in [4.78, 5) is 0. The highest BCUT2D eigenvalue weighted by molar-refractivity contribution is 5.65. The first-order valence-corrected chi connectivity index (χ1v) is 9.21. The topological polar surface area (TPSA) is 9.23 Å². The second-order valence-electron chi connectivity index (χ2n) is 7.01. The number of hydrogen-bond donors (Lipinski definition) is 0. The SMILES string of the molecule is C/C=C\C1CCC(c2ccc(-c3ccc(COC)cc3)c(F)c2)CC1. The Morgan fingerprint density at radius 1 is 1.04 bits per heavy atom. The highest BCUT2D eigenvalue weighted by Gasteiger charge is 2.21. The molecule has 1 aliphatic rings. The van der Waals surface area contributed by atoms with Crippen LogP contribution in [0.5, 0.6) is 0 Å². The van der Waals surface area contributed by atoms with Crippen molar-refractivity contribution in [2.24, 2.45) is 5.92 Å². The first-order chi connectivity index (χ1) is 12.2. The molecule has 2 heteroatoms. The van der Waals surface area contributed by atoms with Crippen LogP contribution < -0.4 is 0 Å². The zero-order chi connectivity index (χ0) is 17.6. The lowest BCUT2D eigenvalue weighted by Gasteiger charge is -2.27. The van der Waals surface area contributed by atoms with E-state index in [-0.39, 0.29) is 5.82 Å². The molecule has 0 saturated heterocycles. The molecule has 25 heavy (non-hydrogen) atoms. The van der Waals surface area contributed by atoms with Gasteiger partial charge in [0, 0.05) is 12.7 Å². The van der Waals surface area contributed by atoms with Gasteiger partial charge in [-0.25, -0.2) is 4.39 Å². The molecule has 1 fully saturated rings. The van der Waals surface area contributed by atoms with E-state index in [1.165, 1.54) is 12.8 Å². The Hall–Kier alpha value is -1.93. The van der Waals surface area contributed by atoms with Gasteiger partial charge in [0.25, 0.3) is 0 Å². The van der Waals surface area contributed by atoms with E-state index in [0.717, 1.165) is 29.5 Å². The van der Waals surface area contributed by atoms with Crippen molar-refractivity contribution in [2.45, 2.75) is 45.1 Å². The lowest BCUT2D eigenvalue weighted by Crippen LogP contribution is -2.12. The fourth-order valence-corrected chi connectivity index (χ4v) is 3.88. The first kappa shape index (κ1) is 17.9. The maximum Gasteiger partial charge on any atom is 0.131 e. The molecule has 0 radical (unpaired) electrons. The Morgan fingerprint density at radius 2 is 1.76 bits per heavy atom. The van der Waals surface area contributed by atoms with Crippen LogP contribution in [-0.4, -0.2) is 7.11 Å². The molecule has 0 heterocycles. The lowest BCUT2D eigenvalue weighted by atomic mass is 9.78. The zero-order valence-electron chi connectivity index (χ0n) is 15.2. The van der Waals surface area contributed by atoms with Crippen LogP contribution in [0.15, 0.2) is 54.6 Å². The van der Waals surface area contributed by atoms with E-state index in [1.54, 1.807) is 13.2 Å². The molecule has 0 N–H and O–H groups in total. The number of ether oxygens (including phenoxy) is 1. The van der Waals surface area contributed by atoms with Crippen molar-refractivity contribution in [3.05, 3.63) is 71.6 Å². The second kappa shape index (κ2) is 8.44. The van der Waals surface area contributed by atoms with Crippen LogP contribution in [-0.2, 0) is 11.3 Å². The summed E-state index contributed by atoms with van der Waals surface area (Å²) in [6.45, 7) is 2.67. The van der Waals surface area contributed by atoms with Crippen molar-refractivity contribution >= 4 is 0 Å². The van der Waals surface area contributed by atoms with Crippen molar-refractivity contribution in [1.29, 1.82) is 0 Å². The van der Waals surface area contributed by atoms with Gasteiger partial charge in [0.05, 0.1) is 6.61 Å². The van der Waals surface area contributed by atoms with E-state index in [9.17, 15) is 4.39 Å². The van der Waals surface area contributed by atoms with Crippen LogP contribution in [0.1, 0.15) is 49.7 Å².